The Morgan fingerprint density at radius 1 is 1.47 bits per heavy atom. The smallest absolute Gasteiger partial charge is 0.152 e. The lowest BCUT2D eigenvalue weighted by Crippen LogP contribution is -2.29. The number of ether oxygens (including phenoxy) is 1. The van der Waals surface area contributed by atoms with Crippen LogP contribution in [0.3, 0.4) is 0 Å². The van der Waals surface area contributed by atoms with Crippen LogP contribution in [0, 0.1) is 11.6 Å². The van der Waals surface area contributed by atoms with Gasteiger partial charge in [0.2, 0.25) is 0 Å². The van der Waals surface area contributed by atoms with Crippen molar-refractivity contribution in [1.29, 1.82) is 0 Å². The molecule has 17 heavy (non-hydrogen) atoms. The summed E-state index contributed by atoms with van der Waals surface area (Å²) in [4.78, 5) is 0. The number of rotatable bonds is 2. The number of piperidine rings is 1. The van der Waals surface area contributed by atoms with Crippen LogP contribution in [-0.4, -0.2) is 20.2 Å². The summed E-state index contributed by atoms with van der Waals surface area (Å²) in [6, 6.07) is 1.15. The van der Waals surface area contributed by atoms with Gasteiger partial charge in [0, 0.05) is 24.1 Å². The number of benzene rings is 1. The maximum absolute atomic E-state index is 14.0. The zero-order valence-electron chi connectivity index (χ0n) is 9.53. The number of methoxy groups -OCH3 is 1. The molecule has 0 amide bonds. The average Bonchev–Trinajstić information content (AvgIpc) is 2.35. The van der Waals surface area contributed by atoms with E-state index in [1.54, 1.807) is 0 Å². The molecule has 0 radical (unpaired) electrons. The first kappa shape index (κ1) is 12.6. The quantitative estimate of drug-likeness (QED) is 0.826. The molecule has 0 aliphatic carbocycles. The van der Waals surface area contributed by atoms with Gasteiger partial charge in [-0.05, 0) is 19.4 Å². The predicted octanol–water partition coefficient (Wildman–Crippen LogP) is 3.09. The molecule has 1 heterocycles. The minimum atomic E-state index is -0.697. The largest absolute Gasteiger partial charge is 0.495 e. The van der Waals surface area contributed by atoms with Gasteiger partial charge in [-0.1, -0.05) is 11.6 Å². The van der Waals surface area contributed by atoms with Crippen molar-refractivity contribution >= 4 is 11.6 Å². The lowest BCUT2D eigenvalue weighted by Gasteiger charge is -2.24. The van der Waals surface area contributed by atoms with Crippen molar-refractivity contribution in [2.45, 2.75) is 18.8 Å². The second kappa shape index (κ2) is 5.19. The van der Waals surface area contributed by atoms with Crippen LogP contribution in [0.15, 0.2) is 6.07 Å². The lowest BCUT2D eigenvalue weighted by atomic mass is 9.90. The Labute approximate surface area is 104 Å². The van der Waals surface area contributed by atoms with Crippen molar-refractivity contribution < 1.29 is 13.5 Å². The van der Waals surface area contributed by atoms with Crippen LogP contribution in [0.2, 0.25) is 5.02 Å². The van der Waals surface area contributed by atoms with Crippen molar-refractivity contribution in [2.75, 3.05) is 20.2 Å². The van der Waals surface area contributed by atoms with E-state index in [4.69, 9.17) is 16.3 Å². The summed E-state index contributed by atoms with van der Waals surface area (Å²) in [5.41, 5.74) is 0.0722. The molecule has 1 saturated heterocycles. The van der Waals surface area contributed by atoms with Crippen molar-refractivity contribution in [1.82, 2.24) is 5.32 Å². The molecule has 0 aromatic heterocycles. The minimum absolute atomic E-state index is 0.0363. The third-order valence-electron chi connectivity index (χ3n) is 3.09. The first-order chi connectivity index (χ1) is 8.15. The van der Waals surface area contributed by atoms with Crippen LogP contribution in [0.5, 0.6) is 5.75 Å². The number of nitrogens with one attached hydrogen (secondary N) is 1. The summed E-state index contributed by atoms with van der Waals surface area (Å²) >= 11 is 5.80. The fraction of sp³-hybridized carbons (Fsp3) is 0.500. The van der Waals surface area contributed by atoms with Crippen LogP contribution in [0.1, 0.15) is 24.3 Å². The summed E-state index contributed by atoms with van der Waals surface area (Å²) in [6.45, 7) is 1.47. The predicted molar refractivity (Wildman–Crippen MR) is 62.8 cm³/mol. The molecule has 1 aliphatic rings. The monoisotopic (exact) mass is 261 g/mol. The minimum Gasteiger partial charge on any atom is -0.495 e. The normalized spacial score (nSPS) is 20.4. The zero-order chi connectivity index (χ0) is 12.4. The van der Waals surface area contributed by atoms with Crippen LogP contribution >= 0.6 is 11.6 Å². The molecule has 1 N–H and O–H groups in total. The summed E-state index contributed by atoms with van der Waals surface area (Å²) in [5.74, 6) is -1.41. The Bertz CT molecular complexity index is 419. The Morgan fingerprint density at radius 3 is 2.82 bits per heavy atom. The van der Waals surface area contributed by atoms with Gasteiger partial charge < -0.3 is 10.1 Å². The zero-order valence-corrected chi connectivity index (χ0v) is 10.3. The summed E-state index contributed by atoms with van der Waals surface area (Å²) < 4.78 is 32.7. The third kappa shape index (κ3) is 2.38. The number of halogens is 3. The van der Waals surface area contributed by atoms with Gasteiger partial charge in [0.1, 0.15) is 16.6 Å². The molecular formula is C12H14ClF2NO. The molecule has 94 valence electrons. The molecule has 1 atom stereocenters. The Kier molecular flexibility index (Phi) is 3.84. The Morgan fingerprint density at radius 2 is 2.24 bits per heavy atom. The van der Waals surface area contributed by atoms with Gasteiger partial charge in [-0.3, -0.25) is 0 Å². The molecule has 2 nitrogen and oxygen atoms in total. The second-order valence-electron chi connectivity index (χ2n) is 4.15. The molecule has 1 unspecified atom stereocenters. The highest BCUT2D eigenvalue weighted by Crippen LogP contribution is 2.36. The van der Waals surface area contributed by atoms with Crippen LogP contribution in [0.4, 0.5) is 8.78 Å². The van der Waals surface area contributed by atoms with E-state index in [-0.39, 0.29) is 22.3 Å². The van der Waals surface area contributed by atoms with Crippen molar-refractivity contribution in [3.05, 3.63) is 28.3 Å². The van der Waals surface area contributed by atoms with Crippen molar-refractivity contribution in [3.8, 4) is 5.75 Å². The van der Waals surface area contributed by atoms with E-state index >= 15 is 0 Å². The van der Waals surface area contributed by atoms with Gasteiger partial charge in [0.05, 0.1) is 7.11 Å². The molecule has 1 aliphatic heterocycles. The average molecular weight is 262 g/mol. The summed E-state index contributed by atoms with van der Waals surface area (Å²) in [7, 11) is 1.34. The van der Waals surface area contributed by atoms with Gasteiger partial charge in [0.15, 0.2) is 5.82 Å². The maximum atomic E-state index is 14.0. The van der Waals surface area contributed by atoms with Gasteiger partial charge in [-0.25, -0.2) is 8.78 Å². The molecule has 0 spiro atoms. The van der Waals surface area contributed by atoms with Crippen molar-refractivity contribution in [2.24, 2.45) is 0 Å². The second-order valence-corrected chi connectivity index (χ2v) is 4.52. The summed E-state index contributed by atoms with van der Waals surface area (Å²) in [6.07, 6.45) is 1.68. The van der Waals surface area contributed by atoms with Gasteiger partial charge in [0.25, 0.3) is 0 Å². The number of hydrogen-bond acceptors (Lipinski definition) is 2. The SMILES string of the molecule is COc1cc(F)c(C2CCCNC2)c(F)c1Cl. The Balaban J connectivity index is 2.42. The van der Waals surface area contributed by atoms with Crippen molar-refractivity contribution in [3.63, 3.8) is 0 Å². The highest BCUT2D eigenvalue weighted by molar-refractivity contribution is 6.32. The molecule has 5 heteroatoms. The van der Waals surface area contributed by atoms with E-state index in [1.807, 2.05) is 0 Å². The summed E-state index contributed by atoms with van der Waals surface area (Å²) in [5, 5.41) is 2.98. The van der Waals surface area contributed by atoms with E-state index in [1.165, 1.54) is 7.11 Å². The fourth-order valence-corrected chi connectivity index (χ4v) is 2.44. The standard InChI is InChI=1S/C12H14ClF2NO/c1-17-9-5-8(14)10(12(15)11(9)13)7-3-2-4-16-6-7/h5,7,16H,2-4,6H2,1H3. The first-order valence-corrected chi connectivity index (χ1v) is 5.95. The highest BCUT2D eigenvalue weighted by atomic mass is 35.5. The molecule has 0 bridgehead atoms. The fourth-order valence-electron chi connectivity index (χ4n) is 2.21. The van der Waals surface area contributed by atoms with Crippen LogP contribution in [0.25, 0.3) is 0 Å². The molecule has 1 aromatic rings. The van der Waals surface area contributed by atoms with Gasteiger partial charge >= 0.3 is 0 Å². The molecule has 1 fully saturated rings. The topological polar surface area (TPSA) is 21.3 Å². The highest BCUT2D eigenvalue weighted by Gasteiger charge is 2.26. The molecule has 0 saturated carbocycles. The van der Waals surface area contributed by atoms with Crippen LogP contribution in [-0.2, 0) is 0 Å². The molecular weight excluding hydrogens is 248 g/mol. The van der Waals surface area contributed by atoms with E-state index in [9.17, 15) is 8.78 Å². The van der Waals surface area contributed by atoms with Gasteiger partial charge in [-0.15, -0.1) is 0 Å². The Hall–Kier alpha value is -0.870. The van der Waals surface area contributed by atoms with E-state index in [0.717, 1.165) is 25.5 Å². The van der Waals surface area contributed by atoms with Gasteiger partial charge in [-0.2, -0.15) is 0 Å². The number of hydrogen-bond donors (Lipinski definition) is 1. The molecule has 2 rings (SSSR count). The third-order valence-corrected chi connectivity index (χ3v) is 3.44. The van der Waals surface area contributed by atoms with E-state index in [0.29, 0.717) is 6.54 Å². The molecule has 1 aromatic carbocycles. The van der Waals surface area contributed by atoms with E-state index < -0.39 is 11.6 Å². The maximum Gasteiger partial charge on any atom is 0.152 e. The lowest BCUT2D eigenvalue weighted by molar-refractivity contribution is 0.396. The van der Waals surface area contributed by atoms with E-state index in [2.05, 4.69) is 5.32 Å². The first-order valence-electron chi connectivity index (χ1n) is 5.57. The van der Waals surface area contributed by atoms with Crippen LogP contribution < -0.4 is 10.1 Å².